The van der Waals surface area contributed by atoms with Crippen LogP contribution in [-0.4, -0.2) is 22.1 Å². The minimum atomic E-state index is -0.230. The van der Waals surface area contributed by atoms with Crippen LogP contribution in [0, 0.1) is 11.8 Å². The molecule has 4 heteroatoms. The molecule has 2 saturated carbocycles. The number of amides is 1. The quantitative estimate of drug-likeness (QED) is 0.821. The van der Waals surface area contributed by atoms with Crippen molar-refractivity contribution in [2.75, 3.05) is 0 Å². The number of para-hydroxylation sites is 1. The summed E-state index contributed by atoms with van der Waals surface area (Å²) in [6.07, 6.45) is 9.95. The largest absolute Gasteiger partial charge is 0.393 e. The maximum atomic E-state index is 12.6. The van der Waals surface area contributed by atoms with E-state index in [0.717, 1.165) is 41.6 Å². The van der Waals surface area contributed by atoms with E-state index in [1.165, 1.54) is 25.7 Å². The van der Waals surface area contributed by atoms with E-state index in [2.05, 4.69) is 22.4 Å². The highest BCUT2D eigenvalue weighted by Crippen LogP contribution is 2.38. The molecule has 0 spiro atoms. The van der Waals surface area contributed by atoms with Gasteiger partial charge in [-0.2, -0.15) is 0 Å². The molecule has 0 aliphatic heterocycles. The highest BCUT2D eigenvalue weighted by Gasteiger charge is 2.36. The summed E-state index contributed by atoms with van der Waals surface area (Å²) in [6, 6.07) is 10.1. The zero-order chi connectivity index (χ0) is 17.9. The fraction of sp³-hybridized carbons (Fsp3) is 0.545. The smallest absolute Gasteiger partial charge is 0.220 e. The summed E-state index contributed by atoms with van der Waals surface area (Å²) in [4.78, 5) is 17.1. The molecule has 1 aromatic heterocycles. The number of benzene rings is 1. The van der Waals surface area contributed by atoms with Crippen LogP contribution in [0.15, 0.2) is 36.5 Å². The lowest BCUT2D eigenvalue weighted by Gasteiger charge is -2.38. The number of rotatable bonds is 6. The maximum absolute atomic E-state index is 12.6. The lowest BCUT2D eigenvalue weighted by atomic mass is 9.75. The average Bonchev–Trinajstić information content (AvgIpc) is 3.15. The predicted molar refractivity (Wildman–Crippen MR) is 103 cm³/mol. The van der Waals surface area contributed by atoms with Gasteiger partial charge >= 0.3 is 0 Å². The molecular formula is C22H28N2O2. The minimum absolute atomic E-state index is 0.0495. The van der Waals surface area contributed by atoms with Gasteiger partial charge in [-0.25, -0.2) is 0 Å². The molecule has 4 nitrogen and oxygen atoms in total. The van der Waals surface area contributed by atoms with Crippen LogP contribution in [0.3, 0.4) is 0 Å². The van der Waals surface area contributed by atoms with Gasteiger partial charge in [-0.05, 0) is 48.8 Å². The molecule has 2 aromatic rings. The van der Waals surface area contributed by atoms with Gasteiger partial charge in [-0.15, -0.1) is 0 Å². The average molecular weight is 352 g/mol. The number of aliphatic hydroxyl groups excluding tert-OH is 1. The summed E-state index contributed by atoms with van der Waals surface area (Å²) in [5.74, 6) is 1.16. The number of carbonyl (C=O) groups excluding carboxylic acids is 1. The Hall–Kier alpha value is -1.94. The number of hydrogen-bond donors (Lipinski definition) is 2. The van der Waals surface area contributed by atoms with Crippen LogP contribution in [-0.2, 0) is 4.79 Å². The zero-order valence-corrected chi connectivity index (χ0v) is 15.2. The Labute approximate surface area is 155 Å². The lowest BCUT2D eigenvalue weighted by molar-refractivity contribution is -0.123. The number of carbonyl (C=O) groups is 1. The van der Waals surface area contributed by atoms with Crippen LogP contribution in [0.5, 0.6) is 0 Å². The topological polar surface area (TPSA) is 62.2 Å². The first-order valence-electron chi connectivity index (χ1n) is 10.0. The van der Waals surface area contributed by atoms with Crippen LogP contribution >= 0.6 is 0 Å². The van der Waals surface area contributed by atoms with E-state index in [0.29, 0.717) is 12.3 Å². The van der Waals surface area contributed by atoms with Gasteiger partial charge in [0.2, 0.25) is 5.91 Å². The molecule has 2 aliphatic rings. The molecule has 1 atom stereocenters. The van der Waals surface area contributed by atoms with E-state index >= 15 is 0 Å². The minimum Gasteiger partial charge on any atom is -0.393 e. The zero-order valence-electron chi connectivity index (χ0n) is 15.2. The number of aliphatic hydroxyl groups is 1. The van der Waals surface area contributed by atoms with Gasteiger partial charge in [0.15, 0.2) is 0 Å². The lowest BCUT2D eigenvalue weighted by Crippen LogP contribution is -2.41. The van der Waals surface area contributed by atoms with E-state index < -0.39 is 0 Å². The standard InChI is InChI=1S/C22H28N2O2/c25-19-12-17(13-19)22(24-21(26)10-9-15-5-1-2-6-15)18-11-16-7-3-4-8-20(16)23-14-18/h3-4,7-8,11,14-15,17,19,22,25H,1-2,5-6,9-10,12-13H2,(H,24,26). The Morgan fingerprint density at radius 1 is 1.23 bits per heavy atom. The number of fused-ring (bicyclic) bond motifs is 1. The van der Waals surface area contributed by atoms with E-state index in [4.69, 9.17) is 0 Å². The SMILES string of the molecule is O=C(CCC1CCCC1)NC(c1cnc2ccccc2c1)C1CC(O)C1. The van der Waals surface area contributed by atoms with Gasteiger partial charge in [0, 0.05) is 18.0 Å². The Morgan fingerprint density at radius 2 is 2.00 bits per heavy atom. The molecule has 26 heavy (non-hydrogen) atoms. The molecule has 0 saturated heterocycles. The van der Waals surface area contributed by atoms with E-state index in [-0.39, 0.29) is 18.1 Å². The highest BCUT2D eigenvalue weighted by atomic mass is 16.3. The van der Waals surface area contributed by atoms with Gasteiger partial charge in [0.25, 0.3) is 0 Å². The van der Waals surface area contributed by atoms with Gasteiger partial charge in [-0.1, -0.05) is 43.9 Å². The third kappa shape index (κ3) is 3.90. The van der Waals surface area contributed by atoms with Crippen molar-refractivity contribution in [2.45, 2.75) is 63.5 Å². The van der Waals surface area contributed by atoms with Crippen LogP contribution in [0.2, 0.25) is 0 Å². The first kappa shape index (κ1) is 17.5. The Balaban J connectivity index is 1.47. The van der Waals surface area contributed by atoms with Crippen LogP contribution in [0.1, 0.15) is 63.0 Å². The Bertz CT molecular complexity index is 764. The second kappa shape index (κ2) is 7.75. The molecule has 0 bridgehead atoms. The van der Waals surface area contributed by atoms with E-state index in [1.54, 1.807) is 0 Å². The van der Waals surface area contributed by atoms with Gasteiger partial charge < -0.3 is 10.4 Å². The number of pyridine rings is 1. The molecule has 4 rings (SSSR count). The second-order valence-corrected chi connectivity index (χ2v) is 8.08. The number of aromatic nitrogens is 1. The van der Waals surface area contributed by atoms with Gasteiger partial charge in [-0.3, -0.25) is 9.78 Å². The molecule has 2 N–H and O–H groups in total. The summed E-state index contributed by atoms with van der Waals surface area (Å²) in [5, 5.41) is 14.1. The Morgan fingerprint density at radius 3 is 2.77 bits per heavy atom. The predicted octanol–water partition coefficient (Wildman–Crippen LogP) is 4.13. The molecule has 1 heterocycles. The maximum Gasteiger partial charge on any atom is 0.220 e. The molecule has 1 aromatic carbocycles. The molecule has 0 radical (unpaired) electrons. The second-order valence-electron chi connectivity index (χ2n) is 8.08. The molecular weight excluding hydrogens is 324 g/mol. The van der Waals surface area contributed by atoms with E-state index in [1.807, 2.05) is 24.4 Å². The van der Waals surface area contributed by atoms with Crippen molar-refractivity contribution in [1.29, 1.82) is 0 Å². The number of nitrogens with one attached hydrogen (secondary N) is 1. The van der Waals surface area contributed by atoms with Crippen LogP contribution in [0.4, 0.5) is 0 Å². The molecule has 2 fully saturated rings. The fourth-order valence-corrected chi connectivity index (χ4v) is 4.51. The van der Waals surface area contributed by atoms with Crippen LogP contribution in [0.25, 0.3) is 10.9 Å². The summed E-state index contributed by atoms with van der Waals surface area (Å²) >= 11 is 0. The number of nitrogens with zero attached hydrogens (tertiary/aromatic N) is 1. The molecule has 2 aliphatic carbocycles. The summed E-state index contributed by atoms with van der Waals surface area (Å²) < 4.78 is 0. The van der Waals surface area contributed by atoms with Gasteiger partial charge in [0.1, 0.15) is 0 Å². The number of hydrogen-bond acceptors (Lipinski definition) is 3. The van der Waals surface area contributed by atoms with Crippen molar-refractivity contribution in [3.8, 4) is 0 Å². The van der Waals surface area contributed by atoms with Gasteiger partial charge in [0.05, 0.1) is 17.7 Å². The third-order valence-corrected chi connectivity index (χ3v) is 6.16. The fourth-order valence-electron chi connectivity index (χ4n) is 4.51. The van der Waals surface area contributed by atoms with Crippen molar-refractivity contribution < 1.29 is 9.90 Å². The van der Waals surface area contributed by atoms with Crippen molar-refractivity contribution in [3.63, 3.8) is 0 Å². The summed E-state index contributed by atoms with van der Waals surface area (Å²) in [6.45, 7) is 0. The monoisotopic (exact) mass is 352 g/mol. The molecule has 138 valence electrons. The molecule has 1 unspecified atom stereocenters. The summed E-state index contributed by atoms with van der Waals surface area (Å²) in [7, 11) is 0. The highest BCUT2D eigenvalue weighted by molar-refractivity contribution is 5.80. The van der Waals surface area contributed by atoms with Crippen LogP contribution < -0.4 is 5.32 Å². The van der Waals surface area contributed by atoms with Crippen molar-refractivity contribution >= 4 is 16.8 Å². The first-order chi connectivity index (χ1) is 12.7. The summed E-state index contributed by atoms with van der Waals surface area (Å²) in [5.41, 5.74) is 2.02. The normalized spacial score (nSPS) is 24.3. The third-order valence-electron chi connectivity index (χ3n) is 6.16. The van der Waals surface area contributed by atoms with E-state index in [9.17, 15) is 9.90 Å². The van der Waals surface area contributed by atoms with Crippen molar-refractivity contribution in [3.05, 3.63) is 42.1 Å². The first-order valence-corrected chi connectivity index (χ1v) is 10.0. The Kier molecular flexibility index (Phi) is 5.21. The van der Waals surface area contributed by atoms with Crippen molar-refractivity contribution in [2.24, 2.45) is 11.8 Å². The van der Waals surface area contributed by atoms with Crippen molar-refractivity contribution in [1.82, 2.24) is 10.3 Å². The molecule has 1 amide bonds.